The van der Waals surface area contributed by atoms with E-state index in [1.54, 1.807) is 18.2 Å². The molecular formula is C21H22ClN3O4S2. The lowest BCUT2D eigenvalue weighted by Crippen LogP contribution is -2.32. The number of aromatic nitrogens is 1. The smallest absolute Gasteiger partial charge is 0.261 e. The molecule has 2 heterocycles. The maximum absolute atomic E-state index is 13.2. The van der Waals surface area contributed by atoms with Crippen LogP contribution in [0.25, 0.3) is 10.2 Å². The molecule has 0 radical (unpaired) electrons. The van der Waals surface area contributed by atoms with Crippen molar-refractivity contribution in [3.8, 4) is 5.75 Å². The Hall–Kier alpha value is -2.20. The van der Waals surface area contributed by atoms with E-state index in [1.807, 2.05) is 0 Å². The highest BCUT2D eigenvalue weighted by molar-refractivity contribution is 7.89. The van der Waals surface area contributed by atoms with E-state index in [0.717, 1.165) is 30.4 Å². The molecule has 7 nitrogen and oxygen atoms in total. The summed E-state index contributed by atoms with van der Waals surface area (Å²) >= 11 is 7.31. The molecule has 1 saturated heterocycles. The summed E-state index contributed by atoms with van der Waals surface area (Å²) in [5, 5.41) is 3.73. The summed E-state index contributed by atoms with van der Waals surface area (Å²) < 4.78 is 34.0. The fraction of sp³-hybridized carbons (Fsp3) is 0.333. The number of benzene rings is 2. The molecule has 0 saturated carbocycles. The van der Waals surface area contributed by atoms with Crippen LogP contribution in [0.2, 0.25) is 5.02 Å². The summed E-state index contributed by atoms with van der Waals surface area (Å²) in [6.45, 7) is 0.980. The Labute approximate surface area is 190 Å². The number of sulfonamides is 1. The summed E-state index contributed by atoms with van der Waals surface area (Å²) in [4.78, 5) is 17.5. The van der Waals surface area contributed by atoms with Gasteiger partial charge in [0.15, 0.2) is 5.13 Å². The van der Waals surface area contributed by atoms with Crippen molar-refractivity contribution in [1.29, 1.82) is 0 Å². The lowest BCUT2D eigenvalue weighted by Gasteiger charge is -2.20. The molecule has 1 aliphatic rings. The first kappa shape index (κ1) is 22.0. The topological polar surface area (TPSA) is 88.6 Å². The van der Waals surface area contributed by atoms with Gasteiger partial charge in [0.05, 0.1) is 27.8 Å². The predicted octanol–water partition coefficient (Wildman–Crippen LogP) is 4.78. The molecule has 0 unspecified atom stereocenters. The van der Waals surface area contributed by atoms with E-state index in [2.05, 4.69) is 10.3 Å². The van der Waals surface area contributed by atoms with Gasteiger partial charge in [-0.3, -0.25) is 10.1 Å². The molecular weight excluding hydrogens is 458 g/mol. The first-order chi connectivity index (χ1) is 14.9. The number of thiazole rings is 1. The lowest BCUT2D eigenvalue weighted by atomic mass is 10.2. The minimum atomic E-state index is -3.69. The summed E-state index contributed by atoms with van der Waals surface area (Å²) in [6.07, 6.45) is 3.72. The van der Waals surface area contributed by atoms with E-state index in [-0.39, 0.29) is 16.2 Å². The molecule has 0 bridgehead atoms. The molecule has 1 fully saturated rings. The van der Waals surface area contributed by atoms with Crippen molar-refractivity contribution in [2.75, 3.05) is 25.5 Å². The molecule has 164 valence electrons. The normalized spacial score (nSPS) is 15.5. The molecule has 1 amide bonds. The van der Waals surface area contributed by atoms with Crippen LogP contribution >= 0.6 is 22.9 Å². The van der Waals surface area contributed by atoms with Crippen molar-refractivity contribution in [2.24, 2.45) is 0 Å². The highest BCUT2D eigenvalue weighted by Crippen LogP contribution is 2.30. The third kappa shape index (κ3) is 4.69. The molecule has 0 atom stereocenters. The number of amides is 1. The molecule has 3 aromatic rings. The highest BCUT2D eigenvalue weighted by atomic mass is 35.5. The molecule has 0 spiro atoms. The van der Waals surface area contributed by atoms with Crippen LogP contribution in [0.4, 0.5) is 5.13 Å². The van der Waals surface area contributed by atoms with Crippen LogP contribution in [-0.2, 0) is 10.0 Å². The van der Waals surface area contributed by atoms with Gasteiger partial charge in [-0.25, -0.2) is 13.4 Å². The monoisotopic (exact) mass is 479 g/mol. The van der Waals surface area contributed by atoms with Gasteiger partial charge in [-0.15, -0.1) is 0 Å². The minimum absolute atomic E-state index is 0.0800. The number of nitrogens with zero attached hydrogens (tertiary/aromatic N) is 2. The van der Waals surface area contributed by atoms with Gasteiger partial charge in [0.1, 0.15) is 5.75 Å². The SMILES string of the molecule is COc1ccc(S(=O)(=O)N2CCCCCC2)cc1C(=O)Nc1nc2ccc(Cl)cc2s1. The highest BCUT2D eigenvalue weighted by Gasteiger charge is 2.27. The largest absolute Gasteiger partial charge is 0.496 e. The van der Waals surface area contributed by atoms with Gasteiger partial charge >= 0.3 is 0 Å². The summed E-state index contributed by atoms with van der Waals surface area (Å²) in [5.74, 6) is -0.202. The molecule has 31 heavy (non-hydrogen) atoms. The third-order valence-electron chi connectivity index (χ3n) is 5.19. The van der Waals surface area contributed by atoms with Crippen molar-refractivity contribution >= 4 is 54.2 Å². The Balaban J connectivity index is 1.64. The zero-order valence-electron chi connectivity index (χ0n) is 16.9. The van der Waals surface area contributed by atoms with E-state index >= 15 is 0 Å². The first-order valence-corrected chi connectivity index (χ1v) is 12.6. The fourth-order valence-corrected chi connectivity index (χ4v) is 6.25. The number of carbonyl (C=O) groups is 1. The van der Waals surface area contributed by atoms with Crippen LogP contribution in [0.5, 0.6) is 5.75 Å². The molecule has 1 aromatic heterocycles. The number of halogens is 1. The van der Waals surface area contributed by atoms with Gasteiger partial charge in [-0.2, -0.15) is 4.31 Å². The standard InChI is InChI=1S/C21H22ClN3O4S2/c1-29-18-9-7-15(31(27,28)25-10-4-2-3-5-11-25)13-16(18)20(26)24-21-23-17-8-6-14(22)12-19(17)30-21/h6-9,12-13H,2-5,10-11H2,1H3,(H,23,24,26). The minimum Gasteiger partial charge on any atom is -0.496 e. The number of methoxy groups -OCH3 is 1. The fourth-order valence-electron chi connectivity index (χ4n) is 3.57. The van der Waals surface area contributed by atoms with Crippen LogP contribution in [0.1, 0.15) is 36.0 Å². The second-order valence-electron chi connectivity index (χ2n) is 7.27. The van der Waals surface area contributed by atoms with Crippen molar-refractivity contribution in [2.45, 2.75) is 30.6 Å². The van der Waals surface area contributed by atoms with E-state index in [4.69, 9.17) is 16.3 Å². The second-order valence-corrected chi connectivity index (χ2v) is 10.7. The zero-order valence-corrected chi connectivity index (χ0v) is 19.3. The van der Waals surface area contributed by atoms with Crippen LogP contribution in [0.3, 0.4) is 0 Å². The molecule has 1 aliphatic heterocycles. The van der Waals surface area contributed by atoms with Crippen LogP contribution < -0.4 is 10.1 Å². The summed E-state index contributed by atoms with van der Waals surface area (Å²) in [7, 11) is -2.26. The Morgan fingerprint density at radius 3 is 2.58 bits per heavy atom. The molecule has 10 heteroatoms. The molecule has 2 aromatic carbocycles. The number of nitrogens with one attached hydrogen (secondary N) is 1. The summed E-state index contributed by atoms with van der Waals surface area (Å²) in [6, 6.07) is 9.65. The van der Waals surface area contributed by atoms with E-state index < -0.39 is 15.9 Å². The molecule has 1 N–H and O–H groups in total. The van der Waals surface area contributed by atoms with Gasteiger partial charge in [0.2, 0.25) is 10.0 Å². The number of hydrogen-bond donors (Lipinski definition) is 1. The Kier molecular flexibility index (Phi) is 6.47. The zero-order chi connectivity index (χ0) is 22.0. The maximum Gasteiger partial charge on any atom is 0.261 e. The van der Waals surface area contributed by atoms with Gasteiger partial charge in [-0.05, 0) is 49.2 Å². The van der Waals surface area contributed by atoms with Gasteiger partial charge in [-0.1, -0.05) is 35.8 Å². The van der Waals surface area contributed by atoms with E-state index in [9.17, 15) is 13.2 Å². The van der Waals surface area contributed by atoms with Gasteiger partial charge < -0.3 is 4.74 Å². The Bertz CT molecular complexity index is 1220. The van der Waals surface area contributed by atoms with Gasteiger partial charge in [0.25, 0.3) is 5.91 Å². The van der Waals surface area contributed by atoms with Crippen LogP contribution in [0, 0.1) is 0 Å². The number of hydrogen-bond acceptors (Lipinski definition) is 6. The van der Waals surface area contributed by atoms with Crippen LogP contribution in [0.15, 0.2) is 41.3 Å². The number of carbonyl (C=O) groups excluding carboxylic acids is 1. The third-order valence-corrected chi connectivity index (χ3v) is 8.25. The Morgan fingerprint density at radius 1 is 1.13 bits per heavy atom. The second kappa shape index (κ2) is 9.12. The number of ether oxygens (including phenoxy) is 1. The van der Waals surface area contributed by atoms with Crippen molar-refractivity contribution in [3.63, 3.8) is 0 Å². The molecule has 0 aliphatic carbocycles. The number of fused-ring (bicyclic) bond motifs is 1. The predicted molar refractivity (Wildman–Crippen MR) is 123 cm³/mol. The summed E-state index contributed by atoms with van der Waals surface area (Å²) in [5.41, 5.74) is 0.852. The maximum atomic E-state index is 13.2. The first-order valence-electron chi connectivity index (χ1n) is 9.94. The van der Waals surface area contributed by atoms with Gasteiger partial charge in [0, 0.05) is 18.1 Å². The van der Waals surface area contributed by atoms with Crippen molar-refractivity contribution in [3.05, 3.63) is 47.0 Å². The van der Waals surface area contributed by atoms with Crippen molar-refractivity contribution < 1.29 is 17.9 Å². The average Bonchev–Trinajstić information content (AvgIpc) is 2.95. The molecule has 4 rings (SSSR count). The van der Waals surface area contributed by atoms with Crippen LogP contribution in [-0.4, -0.2) is 43.8 Å². The number of rotatable bonds is 5. The lowest BCUT2D eigenvalue weighted by molar-refractivity contribution is 0.102. The van der Waals surface area contributed by atoms with Crippen molar-refractivity contribution in [1.82, 2.24) is 9.29 Å². The Morgan fingerprint density at radius 2 is 1.87 bits per heavy atom. The average molecular weight is 480 g/mol. The van der Waals surface area contributed by atoms with E-state index in [0.29, 0.717) is 28.8 Å². The number of anilines is 1. The quantitative estimate of drug-likeness (QED) is 0.569. The van der Waals surface area contributed by atoms with E-state index in [1.165, 1.54) is 41.0 Å².